The zero-order valence-corrected chi connectivity index (χ0v) is 10.8. The van der Waals surface area contributed by atoms with Gasteiger partial charge >= 0.3 is 5.97 Å². The van der Waals surface area contributed by atoms with E-state index < -0.39 is 5.97 Å². The van der Waals surface area contributed by atoms with E-state index in [9.17, 15) is 4.79 Å². The average molecular weight is 266 g/mol. The first-order valence-corrected chi connectivity index (χ1v) is 5.70. The summed E-state index contributed by atoms with van der Waals surface area (Å²) in [5.41, 5.74) is 2.01. The lowest BCUT2D eigenvalue weighted by Gasteiger charge is -2.04. The van der Waals surface area contributed by atoms with Gasteiger partial charge in [0.2, 0.25) is 0 Å². The summed E-state index contributed by atoms with van der Waals surface area (Å²) in [6, 6.07) is 5.78. The first kappa shape index (κ1) is 12.6. The Morgan fingerprint density at radius 1 is 1.50 bits per heavy atom. The fraction of sp³-hybridized carbons (Fsp3) is 0.250. The van der Waals surface area contributed by atoms with Crippen LogP contribution in [0.15, 0.2) is 24.5 Å². The molecule has 0 atom stereocenters. The number of carbonyl (C=O) groups is 1. The number of rotatable bonds is 3. The highest BCUT2D eigenvalue weighted by Crippen LogP contribution is 2.18. The Morgan fingerprint density at radius 2 is 2.28 bits per heavy atom. The third kappa shape index (κ3) is 2.68. The summed E-state index contributed by atoms with van der Waals surface area (Å²) in [6.07, 6.45) is 1.47. The Morgan fingerprint density at radius 3 is 2.94 bits per heavy atom. The number of nitrogens with zero attached hydrogens (tertiary/aromatic N) is 3. The summed E-state index contributed by atoms with van der Waals surface area (Å²) in [7, 11) is 1.29. The summed E-state index contributed by atoms with van der Waals surface area (Å²) in [6.45, 7) is 2.43. The molecule has 1 aromatic carbocycles. The van der Waals surface area contributed by atoms with Crippen molar-refractivity contribution < 1.29 is 9.53 Å². The van der Waals surface area contributed by atoms with Gasteiger partial charge < -0.3 is 4.74 Å². The van der Waals surface area contributed by atoms with Crippen LogP contribution in [0.4, 0.5) is 0 Å². The minimum absolute atomic E-state index is 0.0423. The van der Waals surface area contributed by atoms with Gasteiger partial charge in [0, 0.05) is 5.02 Å². The van der Waals surface area contributed by atoms with E-state index in [0.717, 1.165) is 11.1 Å². The number of methoxy groups -OCH3 is 1. The number of benzene rings is 1. The molecule has 0 N–H and O–H groups in total. The largest absolute Gasteiger partial charge is 0.463 e. The lowest BCUT2D eigenvalue weighted by atomic mass is 10.1. The lowest BCUT2D eigenvalue weighted by molar-refractivity contribution is 0.0586. The van der Waals surface area contributed by atoms with Crippen molar-refractivity contribution in [1.29, 1.82) is 0 Å². The molecule has 1 aromatic heterocycles. The van der Waals surface area contributed by atoms with Gasteiger partial charge in [0.25, 0.3) is 5.82 Å². The summed E-state index contributed by atoms with van der Waals surface area (Å²) < 4.78 is 6.08. The molecule has 0 spiro atoms. The minimum Gasteiger partial charge on any atom is -0.463 e. The normalized spacial score (nSPS) is 10.4. The van der Waals surface area contributed by atoms with Crippen LogP contribution < -0.4 is 0 Å². The molecule has 0 fully saturated rings. The molecule has 0 bridgehead atoms. The Balaban J connectivity index is 2.18. The molecular formula is C12H12ClN3O2. The summed E-state index contributed by atoms with van der Waals surface area (Å²) >= 11 is 6.12. The van der Waals surface area contributed by atoms with E-state index in [2.05, 4.69) is 14.8 Å². The van der Waals surface area contributed by atoms with Crippen molar-refractivity contribution in [3.05, 3.63) is 46.5 Å². The molecule has 1 heterocycles. The highest BCUT2D eigenvalue weighted by Gasteiger charge is 2.11. The number of hydrogen-bond acceptors (Lipinski definition) is 4. The van der Waals surface area contributed by atoms with Crippen LogP contribution in [0.1, 0.15) is 21.7 Å². The van der Waals surface area contributed by atoms with Crippen molar-refractivity contribution in [2.75, 3.05) is 7.11 Å². The van der Waals surface area contributed by atoms with Crippen molar-refractivity contribution in [2.24, 2.45) is 0 Å². The van der Waals surface area contributed by atoms with Crippen molar-refractivity contribution in [3.8, 4) is 0 Å². The molecule has 5 nitrogen and oxygen atoms in total. The summed E-state index contributed by atoms with van der Waals surface area (Å²) in [5.74, 6) is -0.510. The number of aromatic nitrogens is 3. The second-order valence-corrected chi connectivity index (χ2v) is 4.26. The molecule has 0 aliphatic heterocycles. The van der Waals surface area contributed by atoms with Crippen LogP contribution in [0.3, 0.4) is 0 Å². The van der Waals surface area contributed by atoms with E-state index >= 15 is 0 Å². The van der Waals surface area contributed by atoms with Crippen molar-refractivity contribution in [1.82, 2.24) is 14.8 Å². The van der Waals surface area contributed by atoms with Crippen molar-refractivity contribution >= 4 is 17.6 Å². The first-order valence-electron chi connectivity index (χ1n) is 5.33. The molecule has 0 radical (unpaired) electrons. The summed E-state index contributed by atoms with van der Waals surface area (Å²) in [4.78, 5) is 15.1. The number of aryl methyl sites for hydroxylation is 1. The molecule has 6 heteroatoms. The topological polar surface area (TPSA) is 57.0 Å². The van der Waals surface area contributed by atoms with Gasteiger partial charge in [-0.3, -0.25) is 0 Å². The predicted octanol–water partition coefficient (Wildman–Crippen LogP) is 2.07. The SMILES string of the molecule is COC(=O)c1ncn(Cc2ccc(C)cc2Cl)n1. The van der Waals surface area contributed by atoms with Gasteiger partial charge in [-0.2, -0.15) is 0 Å². The maximum atomic E-state index is 11.2. The molecule has 18 heavy (non-hydrogen) atoms. The number of ether oxygens (including phenoxy) is 1. The highest BCUT2D eigenvalue weighted by molar-refractivity contribution is 6.31. The Labute approximate surface area is 109 Å². The molecule has 0 saturated carbocycles. The molecule has 0 amide bonds. The highest BCUT2D eigenvalue weighted by atomic mass is 35.5. The van der Waals surface area contributed by atoms with E-state index in [4.69, 9.17) is 11.6 Å². The van der Waals surface area contributed by atoms with Gasteiger partial charge in [-0.1, -0.05) is 23.7 Å². The van der Waals surface area contributed by atoms with Gasteiger partial charge in [0.1, 0.15) is 6.33 Å². The second kappa shape index (κ2) is 5.18. The molecule has 0 aliphatic carbocycles. The van der Waals surface area contributed by atoms with E-state index in [1.54, 1.807) is 4.68 Å². The number of carbonyl (C=O) groups excluding carboxylic acids is 1. The third-order valence-electron chi connectivity index (χ3n) is 2.45. The van der Waals surface area contributed by atoms with Gasteiger partial charge in [0.05, 0.1) is 13.7 Å². The fourth-order valence-electron chi connectivity index (χ4n) is 1.51. The van der Waals surface area contributed by atoms with Crippen LogP contribution in [0.5, 0.6) is 0 Å². The third-order valence-corrected chi connectivity index (χ3v) is 2.80. The van der Waals surface area contributed by atoms with Crippen molar-refractivity contribution in [3.63, 3.8) is 0 Å². The smallest absolute Gasteiger partial charge is 0.377 e. The molecule has 2 aromatic rings. The van der Waals surface area contributed by atoms with Crippen molar-refractivity contribution in [2.45, 2.75) is 13.5 Å². The van der Waals surface area contributed by atoms with Crippen LogP contribution in [-0.4, -0.2) is 27.8 Å². The van der Waals surface area contributed by atoms with Crippen LogP contribution in [0.2, 0.25) is 5.02 Å². The molecule has 2 rings (SSSR count). The maximum Gasteiger partial charge on any atom is 0.377 e. The Kier molecular flexibility index (Phi) is 3.62. The van der Waals surface area contributed by atoms with Gasteiger partial charge in [-0.05, 0) is 24.1 Å². The van der Waals surface area contributed by atoms with Crippen LogP contribution >= 0.6 is 11.6 Å². The van der Waals surface area contributed by atoms with Crippen LogP contribution in [0.25, 0.3) is 0 Å². The minimum atomic E-state index is -0.552. The Bertz CT molecular complexity index is 580. The molecule has 94 valence electrons. The lowest BCUT2D eigenvalue weighted by Crippen LogP contribution is -2.06. The zero-order valence-electron chi connectivity index (χ0n) is 10.1. The summed E-state index contributed by atoms with van der Waals surface area (Å²) in [5, 5.41) is 4.68. The van der Waals surface area contributed by atoms with E-state index in [1.807, 2.05) is 25.1 Å². The zero-order chi connectivity index (χ0) is 13.1. The van der Waals surface area contributed by atoms with E-state index in [0.29, 0.717) is 11.6 Å². The van der Waals surface area contributed by atoms with Crippen LogP contribution in [0, 0.1) is 6.92 Å². The Hall–Kier alpha value is -1.88. The fourth-order valence-corrected chi connectivity index (χ4v) is 1.81. The second-order valence-electron chi connectivity index (χ2n) is 3.85. The standard InChI is InChI=1S/C12H12ClN3O2/c1-8-3-4-9(10(13)5-8)6-16-7-14-11(15-16)12(17)18-2/h3-5,7H,6H2,1-2H3. The monoisotopic (exact) mass is 265 g/mol. The number of halogens is 1. The molecule has 0 aliphatic rings. The first-order chi connectivity index (χ1) is 8.60. The number of esters is 1. The van der Waals surface area contributed by atoms with Gasteiger partial charge in [0.15, 0.2) is 0 Å². The van der Waals surface area contributed by atoms with Crippen LogP contribution in [-0.2, 0) is 11.3 Å². The van der Waals surface area contributed by atoms with Gasteiger partial charge in [-0.15, -0.1) is 5.10 Å². The molecular weight excluding hydrogens is 254 g/mol. The molecule has 0 unspecified atom stereocenters. The predicted molar refractivity (Wildman–Crippen MR) is 66.7 cm³/mol. The quantitative estimate of drug-likeness (QED) is 0.798. The van der Waals surface area contributed by atoms with Gasteiger partial charge in [-0.25, -0.2) is 14.5 Å². The maximum absolute atomic E-state index is 11.2. The average Bonchev–Trinajstić information content (AvgIpc) is 2.80. The number of hydrogen-bond donors (Lipinski definition) is 0. The van der Waals surface area contributed by atoms with E-state index in [1.165, 1.54) is 13.4 Å². The molecule has 0 saturated heterocycles. The van der Waals surface area contributed by atoms with E-state index in [-0.39, 0.29) is 5.82 Å².